The van der Waals surface area contributed by atoms with E-state index in [0.29, 0.717) is 12.0 Å². The number of allylic oxidation sites excluding steroid dienone is 2. The normalized spacial score (nSPS) is 18.1. The summed E-state index contributed by atoms with van der Waals surface area (Å²) in [6.07, 6.45) is 3.00. The lowest BCUT2D eigenvalue weighted by Crippen LogP contribution is -2.42. The molecule has 1 heterocycles. The first kappa shape index (κ1) is 19.6. The van der Waals surface area contributed by atoms with Gasteiger partial charge in [0, 0.05) is 18.2 Å². The van der Waals surface area contributed by atoms with Crippen molar-refractivity contribution in [2.75, 3.05) is 6.54 Å². The fourth-order valence-electron chi connectivity index (χ4n) is 3.01. The minimum Gasteiger partial charge on any atom is -0.395 e. The number of hydrogen-bond donors (Lipinski definition) is 1. The number of carbonyl (C=O) groups excluding carboxylic acids is 2. The van der Waals surface area contributed by atoms with Crippen molar-refractivity contribution in [1.82, 2.24) is 10.2 Å². The summed E-state index contributed by atoms with van der Waals surface area (Å²) in [6.45, 7) is 7.39. The molecular weight excluding hydrogens is 370 g/mol. The van der Waals surface area contributed by atoms with Crippen LogP contribution in [0, 0.1) is 0 Å². The van der Waals surface area contributed by atoms with E-state index in [0.717, 1.165) is 12.8 Å². The highest BCUT2D eigenvalue weighted by Crippen LogP contribution is 2.47. The number of para-hydroxylation sites is 1. The van der Waals surface area contributed by atoms with Crippen LogP contribution < -0.4 is 14.8 Å². The Kier molecular flexibility index (Phi) is 5.48. The second kappa shape index (κ2) is 7.84. The molecule has 1 aliphatic carbocycles. The molecule has 6 nitrogen and oxygen atoms in total. The molecule has 28 heavy (non-hydrogen) atoms. The van der Waals surface area contributed by atoms with E-state index >= 15 is 0 Å². The fourth-order valence-corrected chi connectivity index (χ4v) is 3.01. The number of ether oxygens (including phenoxy) is 2. The van der Waals surface area contributed by atoms with E-state index in [9.17, 15) is 18.4 Å². The number of amides is 2. The maximum Gasteiger partial charge on any atom is 0.586 e. The van der Waals surface area contributed by atoms with Crippen molar-refractivity contribution in [3.8, 4) is 11.5 Å². The molecule has 1 aromatic rings. The van der Waals surface area contributed by atoms with Gasteiger partial charge in [-0.05, 0) is 24.5 Å². The molecule has 0 radical (unpaired) electrons. The van der Waals surface area contributed by atoms with Crippen molar-refractivity contribution in [3.63, 3.8) is 0 Å². The summed E-state index contributed by atoms with van der Waals surface area (Å²) < 4.78 is 36.2. The number of benzene rings is 1. The molecule has 1 N–H and O–H groups in total. The van der Waals surface area contributed by atoms with Gasteiger partial charge in [0.15, 0.2) is 11.5 Å². The highest BCUT2D eigenvalue weighted by Gasteiger charge is 2.47. The van der Waals surface area contributed by atoms with Crippen LogP contribution in [0.25, 0.3) is 0 Å². The van der Waals surface area contributed by atoms with Gasteiger partial charge in [-0.25, -0.2) is 0 Å². The zero-order valence-electron chi connectivity index (χ0n) is 15.1. The van der Waals surface area contributed by atoms with Gasteiger partial charge < -0.3 is 19.7 Å². The van der Waals surface area contributed by atoms with Crippen molar-refractivity contribution in [1.29, 1.82) is 0 Å². The van der Waals surface area contributed by atoms with Crippen LogP contribution in [-0.2, 0) is 9.59 Å². The van der Waals surface area contributed by atoms with Crippen molar-refractivity contribution in [2.45, 2.75) is 31.2 Å². The Labute approximate surface area is 161 Å². The van der Waals surface area contributed by atoms with Crippen molar-refractivity contribution < 1.29 is 27.8 Å². The number of halogens is 2. The van der Waals surface area contributed by atoms with E-state index in [1.54, 1.807) is 18.2 Å². The third-order valence-electron chi connectivity index (χ3n) is 4.45. The molecule has 1 atom stereocenters. The van der Waals surface area contributed by atoms with Crippen LogP contribution in [0.4, 0.5) is 8.78 Å². The molecule has 8 heteroatoms. The third kappa shape index (κ3) is 4.05. The number of rotatable bonds is 9. The fraction of sp³-hybridized carbons (Fsp3) is 0.300. The highest BCUT2D eigenvalue weighted by atomic mass is 19.3. The van der Waals surface area contributed by atoms with E-state index in [4.69, 9.17) is 0 Å². The molecule has 1 saturated carbocycles. The predicted octanol–water partition coefficient (Wildman–Crippen LogP) is 3.08. The molecule has 0 saturated heterocycles. The minimum atomic E-state index is -3.83. The average Bonchev–Trinajstić information content (AvgIpc) is 3.44. The summed E-state index contributed by atoms with van der Waals surface area (Å²) in [4.78, 5) is 26.0. The maximum atomic E-state index is 13.6. The summed E-state index contributed by atoms with van der Waals surface area (Å²) in [5.41, 5.74) is 0.842. The van der Waals surface area contributed by atoms with Gasteiger partial charge in [-0.3, -0.25) is 9.59 Å². The second-order valence-electron chi connectivity index (χ2n) is 6.43. The quantitative estimate of drug-likeness (QED) is 0.520. The Hall–Kier alpha value is -3.16. The van der Waals surface area contributed by atoms with Gasteiger partial charge in [0.05, 0.1) is 0 Å². The molecular formula is C20H20F2N2O4. The Balaban J connectivity index is 1.93. The summed E-state index contributed by atoms with van der Waals surface area (Å²) in [6, 6.07) is 3.00. The van der Waals surface area contributed by atoms with Gasteiger partial charge >= 0.3 is 6.29 Å². The van der Waals surface area contributed by atoms with Gasteiger partial charge in [0.25, 0.3) is 0 Å². The molecule has 148 valence electrons. The summed E-state index contributed by atoms with van der Waals surface area (Å²) in [7, 11) is 0. The SMILES string of the molecule is C=C/C=C(\C=C)CNC(=O)C(c1cccc2c1OC(F)(F)O2)N(C=O)C1CC1. The molecule has 0 bridgehead atoms. The molecule has 0 spiro atoms. The third-order valence-corrected chi connectivity index (χ3v) is 4.45. The monoisotopic (exact) mass is 390 g/mol. The molecule has 2 aliphatic rings. The summed E-state index contributed by atoms with van der Waals surface area (Å²) >= 11 is 0. The molecule has 1 aromatic carbocycles. The lowest BCUT2D eigenvalue weighted by molar-refractivity contribution is -0.287. The number of nitrogens with zero attached hydrogens (tertiary/aromatic N) is 1. The van der Waals surface area contributed by atoms with Crippen molar-refractivity contribution in [2.24, 2.45) is 0 Å². The Morgan fingerprint density at radius 1 is 1.36 bits per heavy atom. The van der Waals surface area contributed by atoms with Gasteiger partial charge in [0.2, 0.25) is 12.3 Å². The molecule has 3 rings (SSSR count). The number of nitrogens with one attached hydrogen (secondary N) is 1. The highest BCUT2D eigenvalue weighted by molar-refractivity contribution is 5.86. The zero-order valence-corrected chi connectivity index (χ0v) is 15.1. The first-order valence-electron chi connectivity index (χ1n) is 8.73. The molecule has 1 fully saturated rings. The van der Waals surface area contributed by atoms with Crippen LogP contribution in [0.5, 0.6) is 11.5 Å². The van der Waals surface area contributed by atoms with Crippen LogP contribution in [0.3, 0.4) is 0 Å². The van der Waals surface area contributed by atoms with Crippen LogP contribution in [0.15, 0.2) is 55.2 Å². The van der Waals surface area contributed by atoms with Gasteiger partial charge in [-0.1, -0.05) is 43.5 Å². The lowest BCUT2D eigenvalue weighted by atomic mass is 10.0. The van der Waals surface area contributed by atoms with E-state index < -0.39 is 18.2 Å². The van der Waals surface area contributed by atoms with E-state index in [1.165, 1.54) is 23.1 Å². The largest absolute Gasteiger partial charge is 0.586 e. The zero-order chi connectivity index (χ0) is 20.3. The molecule has 1 unspecified atom stereocenters. The smallest absolute Gasteiger partial charge is 0.395 e. The van der Waals surface area contributed by atoms with Gasteiger partial charge in [-0.15, -0.1) is 8.78 Å². The first-order valence-corrected chi connectivity index (χ1v) is 8.73. The number of alkyl halides is 2. The van der Waals surface area contributed by atoms with Crippen molar-refractivity contribution >= 4 is 12.3 Å². The summed E-state index contributed by atoms with van der Waals surface area (Å²) in [5, 5.41) is 2.72. The van der Waals surface area contributed by atoms with Crippen LogP contribution >= 0.6 is 0 Å². The van der Waals surface area contributed by atoms with Gasteiger partial charge in [0.1, 0.15) is 6.04 Å². The average molecular weight is 390 g/mol. The number of fused-ring (bicyclic) bond motifs is 1. The maximum absolute atomic E-state index is 13.6. The van der Waals surface area contributed by atoms with E-state index in [1.807, 2.05) is 0 Å². The Morgan fingerprint density at radius 2 is 2.11 bits per heavy atom. The van der Waals surface area contributed by atoms with Gasteiger partial charge in [-0.2, -0.15) is 0 Å². The Bertz CT molecular complexity index is 833. The van der Waals surface area contributed by atoms with Crippen LogP contribution in [0.2, 0.25) is 0 Å². The van der Waals surface area contributed by atoms with Crippen molar-refractivity contribution in [3.05, 3.63) is 60.7 Å². The molecule has 2 amide bonds. The van der Waals surface area contributed by atoms with Crippen LogP contribution in [-0.4, -0.2) is 36.1 Å². The first-order chi connectivity index (χ1) is 13.4. The van der Waals surface area contributed by atoms with E-state index in [-0.39, 0.29) is 29.6 Å². The molecule has 0 aromatic heterocycles. The predicted molar refractivity (Wildman–Crippen MR) is 97.8 cm³/mol. The van der Waals surface area contributed by atoms with Crippen LogP contribution in [0.1, 0.15) is 24.4 Å². The number of carbonyl (C=O) groups is 2. The summed E-state index contributed by atoms with van der Waals surface area (Å²) in [5.74, 6) is -0.950. The standard InChI is InChI=1S/C20H20F2N2O4/c1-3-6-13(4-2)11-23-19(26)17(24(12-25)14-9-10-14)15-7-5-8-16-18(15)28-20(21,22)27-16/h3-8,12,14,17H,1-2,9-11H2,(H,23,26)/b13-6+. The number of hydrogen-bond acceptors (Lipinski definition) is 4. The Morgan fingerprint density at radius 3 is 2.71 bits per heavy atom. The second-order valence-corrected chi connectivity index (χ2v) is 6.43. The minimum absolute atomic E-state index is 0.130. The topological polar surface area (TPSA) is 67.9 Å². The van der Waals surface area contributed by atoms with E-state index in [2.05, 4.69) is 27.9 Å². The lowest BCUT2D eigenvalue weighted by Gasteiger charge is -2.28. The molecule has 1 aliphatic heterocycles.